The van der Waals surface area contributed by atoms with Gasteiger partial charge in [-0.1, -0.05) is 18.2 Å². The molecule has 76 valence electrons. The van der Waals surface area contributed by atoms with E-state index in [-0.39, 0.29) is 0 Å². The molecule has 1 aromatic rings. The zero-order chi connectivity index (χ0) is 9.80. The van der Waals surface area contributed by atoms with Crippen LogP contribution in [0.25, 0.3) is 0 Å². The van der Waals surface area contributed by atoms with Gasteiger partial charge in [-0.05, 0) is 49.1 Å². The maximum Gasteiger partial charge on any atom is 0.0104 e. The van der Waals surface area contributed by atoms with Crippen molar-refractivity contribution >= 4 is 11.8 Å². The summed E-state index contributed by atoms with van der Waals surface area (Å²) < 4.78 is 0. The molecule has 2 heteroatoms. The van der Waals surface area contributed by atoms with Crippen LogP contribution in [0, 0.1) is 5.92 Å². The second kappa shape index (κ2) is 4.85. The molecule has 0 radical (unpaired) electrons. The first-order valence-corrected chi connectivity index (χ1v) is 6.29. The van der Waals surface area contributed by atoms with Gasteiger partial charge in [-0.15, -0.1) is 11.8 Å². The summed E-state index contributed by atoms with van der Waals surface area (Å²) in [5, 5.41) is 0. The van der Waals surface area contributed by atoms with Gasteiger partial charge in [0.1, 0.15) is 0 Å². The van der Waals surface area contributed by atoms with Gasteiger partial charge in [0.15, 0.2) is 0 Å². The lowest BCUT2D eigenvalue weighted by atomic mass is 9.94. The zero-order valence-corrected chi connectivity index (χ0v) is 9.22. The van der Waals surface area contributed by atoms with Crippen molar-refractivity contribution in [3.05, 3.63) is 29.8 Å². The van der Waals surface area contributed by atoms with E-state index in [1.807, 2.05) is 11.8 Å². The first-order valence-electron chi connectivity index (χ1n) is 5.31. The van der Waals surface area contributed by atoms with Gasteiger partial charge in [0, 0.05) is 4.90 Å². The van der Waals surface area contributed by atoms with Crippen LogP contribution in [-0.4, -0.2) is 12.3 Å². The van der Waals surface area contributed by atoms with Gasteiger partial charge >= 0.3 is 0 Å². The Morgan fingerprint density at radius 2 is 2.21 bits per heavy atom. The molecule has 1 nitrogen and oxygen atoms in total. The highest BCUT2D eigenvalue weighted by Gasteiger charge is 2.15. The summed E-state index contributed by atoms with van der Waals surface area (Å²) in [5.41, 5.74) is 7.15. The highest BCUT2D eigenvalue weighted by atomic mass is 32.2. The Bertz CT molecular complexity index is 298. The second-order valence-electron chi connectivity index (χ2n) is 3.89. The summed E-state index contributed by atoms with van der Waals surface area (Å²) in [6, 6.07) is 8.78. The first kappa shape index (κ1) is 10.1. The summed E-state index contributed by atoms with van der Waals surface area (Å²) in [5.74, 6) is 2.05. The minimum absolute atomic E-state index is 0.802. The van der Waals surface area contributed by atoms with E-state index in [1.165, 1.54) is 35.5 Å². The minimum Gasteiger partial charge on any atom is -0.330 e. The fourth-order valence-electron chi connectivity index (χ4n) is 2.04. The third-order valence-corrected chi connectivity index (χ3v) is 3.99. The molecule has 2 N–H and O–H groups in total. The van der Waals surface area contributed by atoms with Gasteiger partial charge in [-0.3, -0.25) is 0 Å². The summed E-state index contributed by atoms with van der Waals surface area (Å²) in [6.07, 6.45) is 3.71. The van der Waals surface area contributed by atoms with Gasteiger partial charge in [-0.2, -0.15) is 0 Å². The Morgan fingerprint density at radius 3 is 3.07 bits per heavy atom. The van der Waals surface area contributed by atoms with Crippen LogP contribution in [0.15, 0.2) is 29.2 Å². The van der Waals surface area contributed by atoms with E-state index in [9.17, 15) is 0 Å². The average Bonchev–Trinajstić information content (AvgIpc) is 2.40. The molecular formula is C12H17NS. The number of fused-ring (bicyclic) bond motifs is 1. The van der Waals surface area contributed by atoms with Crippen LogP contribution in [0.5, 0.6) is 0 Å². The Balaban J connectivity index is 2.14. The molecule has 1 unspecified atom stereocenters. The quantitative estimate of drug-likeness (QED) is 0.807. The summed E-state index contributed by atoms with van der Waals surface area (Å²) in [4.78, 5) is 1.48. The highest BCUT2D eigenvalue weighted by Crippen LogP contribution is 2.32. The van der Waals surface area contributed by atoms with E-state index in [0.717, 1.165) is 12.5 Å². The molecule has 0 aliphatic carbocycles. The van der Waals surface area contributed by atoms with Crippen molar-refractivity contribution in [1.29, 1.82) is 0 Å². The normalized spacial score (nSPS) is 21.4. The Morgan fingerprint density at radius 1 is 1.36 bits per heavy atom. The molecule has 1 atom stereocenters. The maximum absolute atomic E-state index is 5.62. The first-order chi connectivity index (χ1) is 6.90. The van der Waals surface area contributed by atoms with Crippen molar-refractivity contribution in [2.45, 2.75) is 24.2 Å². The Labute approximate surface area is 90.1 Å². The van der Waals surface area contributed by atoms with Crippen molar-refractivity contribution in [3.63, 3.8) is 0 Å². The molecule has 1 heterocycles. The zero-order valence-electron chi connectivity index (χ0n) is 8.41. The lowest BCUT2D eigenvalue weighted by Gasteiger charge is -2.12. The molecule has 1 aliphatic rings. The van der Waals surface area contributed by atoms with Crippen LogP contribution >= 0.6 is 11.8 Å². The van der Waals surface area contributed by atoms with Gasteiger partial charge in [0.2, 0.25) is 0 Å². The fraction of sp³-hybridized carbons (Fsp3) is 0.500. The van der Waals surface area contributed by atoms with E-state index >= 15 is 0 Å². The number of nitrogens with two attached hydrogens (primary N) is 1. The monoisotopic (exact) mass is 207 g/mol. The number of rotatable bonds is 2. The molecule has 0 amide bonds. The van der Waals surface area contributed by atoms with Crippen LogP contribution in [0.4, 0.5) is 0 Å². The molecule has 0 bridgehead atoms. The van der Waals surface area contributed by atoms with E-state index < -0.39 is 0 Å². The van der Waals surface area contributed by atoms with Crippen molar-refractivity contribution in [2.75, 3.05) is 12.3 Å². The maximum atomic E-state index is 5.62. The molecule has 2 rings (SSSR count). The number of hydrogen-bond acceptors (Lipinski definition) is 2. The van der Waals surface area contributed by atoms with Gasteiger partial charge < -0.3 is 5.73 Å². The predicted molar refractivity (Wildman–Crippen MR) is 62.6 cm³/mol. The minimum atomic E-state index is 0.802. The SMILES string of the molecule is NCCC1CCSc2ccccc2C1. The molecule has 14 heavy (non-hydrogen) atoms. The van der Waals surface area contributed by atoms with Gasteiger partial charge in [-0.25, -0.2) is 0 Å². The van der Waals surface area contributed by atoms with Crippen LogP contribution in [0.2, 0.25) is 0 Å². The summed E-state index contributed by atoms with van der Waals surface area (Å²) >= 11 is 2.00. The van der Waals surface area contributed by atoms with Gasteiger partial charge in [0.25, 0.3) is 0 Å². The van der Waals surface area contributed by atoms with Crippen LogP contribution in [-0.2, 0) is 6.42 Å². The average molecular weight is 207 g/mol. The molecule has 1 aliphatic heterocycles. The van der Waals surface area contributed by atoms with E-state index in [2.05, 4.69) is 24.3 Å². The third kappa shape index (κ3) is 2.31. The van der Waals surface area contributed by atoms with Crippen molar-refractivity contribution < 1.29 is 0 Å². The van der Waals surface area contributed by atoms with Crippen molar-refractivity contribution in [3.8, 4) is 0 Å². The molecule has 0 saturated carbocycles. The van der Waals surface area contributed by atoms with E-state index in [0.29, 0.717) is 0 Å². The molecule has 0 saturated heterocycles. The van der Waals surface area contributed by atoms with Crippen molar-refractivity contribution in [1.82, 2.24) is 0 Å². The van der Waals surface area contributed by atoms with Crippen LogP contribution in [0.1, 0.15) is 18.4 Å². The molecule has 0 aromatic heterocycles. The number of hydrogen-bond donors (Lipinski definition) is 1. The van der Waals surface area contributed by atoms with Gasteiger partial charge in [0.05, 0.1) is 0 Å². The lowest BCUT2D eigenvalue weighted by molar-refractivity contribution is 0.479. The van der Waals surface area contributed by atoms with Crippen molar-refractivity contribution in [2.24, 2.45) is 11.7 Å². The molecule has 0 spiro atoms. The third-order valence-electron chi connectivity index (χ3n) is 2.84. The molecular weight excluding hydrogens is 190 g/mol. The molecule has 0 fully saturated rings. The smallest absolute Gasteiger partial charge is 0.0104 e. The second-order valence-corrected chi connectivity index (χ2v) is 5.03. The summed E-state index contributed by atoms with van der Waals surface area (Å²) in [7, 11) is 0. The Kier molecular flexibility index (Phi) is 3.49. The predicted octanol–water partition coefficient (Wildman–Crippen LogP) is 2.69. The lowest BCUT2D eigenvalue weighted by Crippen LogP contribution is -2.11. The van der Waals surface area contributed by atoms with E-state index in [1.54, 1.807) is 0 Å². The molecule has 1 aromatic carbocycles. The fourth-order valence-corrected chi connectivity index (χ4v) is 3.23. The number of benzene rings is 1. The highest BCUT2D eigenvalue weighted by molar-refractivity contribution is 7.99. The van der Waals surface area contributed by atoms with E-state index in [4.69, 9.17) is 5.73 Å². The Hall–Kier alpha value is -0.470. The number of thioether (sulfide) groups is 1. The van der Waals surface area contributed by atoms with Crippen LogP contribution in [0.3, 0.4) is 0 Å². The topological polar surface area (TPSA) is 26.0 Å². The largest absolute Gasteiger partial charge is 0.330 e. The van der Waals surface area contributed by atoms with Crippen LogP contribution < -0.4 is 5.73 Å². The standard InChI is InChI=1S/C12H17NS/c13-7-5-10-6-8-14-12-4-2-1-3-11(12)9-10/h1-4,10H,5-9,13H2. The summed E-state index contributed by atoms with van der Waals surface area (Å²) in [6.45, 7) is 0.831.